The van der Waals surface area contributed by atoms with Crippen molar-refractivity contribution in [3.05, 3.63) is 28.6 Å². The molecule has 0 aliphatic rings. The van der Waals surface area contributed by atoms with E-state index >= 15 is 0 Å². The van der Waals surface area contributed by atoms with E-state index < -0.39 is 0 Å². The fraction of sp³-hybridized carbons (Fsp3) is 0.231. The standard InChI is InChI=1S/C13H11BrN6OS/c1-6(2)9-8(14)10(16-15-9)12-19-20-11(7-4-3-5-21-7)17-18-13(20)22-12/h3-6H,1-2H3,(H,15,16). The zero-order chi connectivity index (χ0) is 15.3. The second kappa shape index (κ2) is 5.03. The van der Waals surface area contributed by atoms with Gasteiger partial charge in [-0.05, 0) is 34.0 Å². The zero-order valence-corrected chi connectivity index (χ0v) is 14.1. The van der Waals surface area contributed by atoms with E-state index in [0.717, 1.165) is 20.9 Å². The summed E-state index contributed by atoms with van der Waals surface area (Å²) in [6.07, 6.45) is 1.60. The van der Waals surface area contributed by atoms with E-state index in [1.54, 1.807) is 10.8 Å². The van der Waals surface area contributed by atoms with Crippen LogP contribution in [0.5, 0.6) is 0 Å². The van der Waals surface area contributed by atoms with Crippen molar-refractivity contribution in [2.75, 3.05) is 0 Å². The van der Waals surface area contributed by atoms with Gasteiger partial charge < -0.3 is 4.42 Å². The summed E-state index contributed by atoms with van der Waals surface area (Å²) in [6, 6.07) is 3.64. The van der Waals surface area contributed by atoms with Gasteiger partial charge in [0, 0.05) is 0 Å². The lowest BCUT2D eigenvalue weighted by Gasteiger charge is -2.00. The van der Waals surface area contributed by atoms with Gasteiger partial charge in [-0.2, -0.15) is 14.7 Å². The van der Waals surface area contributed by atoms with Gasteiger partial charge in [-0.25, -0.2) is 0 Å². The van der Waals surface area contributed by atoms with E-state index in [2.05, 4.69) is 55.3 Å². The Morgan fingerprint density at radius 2 is 2.23 bits per heavy atom. The minimum Gasteiger partial charge on any atom is -0.461 e. The molecule has 0 radical (unpaired) electrons. The van der Waals surface area contributed by atoms with E-state index in [0.29, 0.717) is 22.5 Å². The Bertz CT molecular complexity index is 935. The number of aromatic nitrogens is 6. The maximum Gasteiger partial charge on any atom is 0.235 e. The number of furan rings is 1. The van der Waals surface area contributed by atoms with Crippen LogP contribution in [0.25, 0.3) is 27.2 Å². The number of hydrogen-bond donors (Lipinski definition) is 1. The third-order valence-corrected chi connectivity index (χ3v) is 4.95. The third-order valence-electron chi connectivity index (χ3n) is 3.24. The Kier molecular flexibility index (Phi) is 3.12. The number of nitrogens with zero attached hydrogens (tertiary/aromatic N) is 5. The largest absolute Gasteiger partial charge is 0.461 e. The second-order valence-corrected chi connectivity index (χ2v) is 6.81. The van der Waals surface area contributed by atoms with Crippen LogP contribution >= 0.6 is 27.3 Å². The number of hydrogen-bond acceptors (Lipinski definition) is 6. The molecule has 4 heterocycles. The van der Waals surface area contributed by atoms with E-state index in [1.807, 2.05) is 12.1 Å². The first kappa shape index (κ1) is 13.6. The number of nitrogens with one attached hydrogen (secondary N) is 1. The molecule has 0 saturated carbocycles. The molecule has 112 valence electrons. The molecule has 0 aliphatic carbocycles. The molecule has 0 saturated heterocycles. The first-order valence-electron chi connectivity index (χ1n) is 6.65. The van der Waals surface area contributed by atoms with Crippen molar-refractivity contribution in [3.8, 4) is 22.3 Å². The number of halogens is 1. The van der Waals surface area contributed by atoms with Gasteiger partial charge >= 0.3 is 0 Å². The summed E-state index contributed by atoms with van der Waals surface area (Å²) in [6.45, 7) is 4.21. The molecule has 7 nitrogen and oxygen atoms in total. The second-order valence-electron chi connectivity index (χ2n) is 5.06. The van der Waals surface area contributed by atoms with Gasteiger partial charge in [0.15, 0.2) is 10.8 Å². The lowest BCUT2D eigenvalue weighted by Crippen LogP contribution is -1.90. The van der Waals surface area contributed by atoms with E-state index in [1.165, 1.54) is 11.3 Å². The molecule has 22 heavy (non-hydrogen) atoms. The highest BCUT2D eigenvalue weighted by molar-refractivity contribution is 9.10. The smallest absolute Gasteiger partial charge is 0.235 e. The zero-order valence-electron chi connectivity index (χ0n) is 11.7. The monoisotopic (exact) mass is 378 g/mol. The van der Waals surface area contributed by atoms with Crippen LogP contribution < -0.4 is 0 Å². The maximum atomic E-state index is 5.37. The van der Waals surface area contributed by atoms with Crippen LogP contribution in [-0.4, -0.2) is 30.0 Å². The van der Waals surface area contributed by atoms with Gasteiger partial charge in [0.05, 0.1) is 16.4 Å². The third kappa shape index (κ3) is 2.00. The molecule has 0 bridgehead atoms. The molecule has 0 amide bonds. The number of rotatable bonds is 3. The van der Waals surface area contributed by atoms with E-state index in [9.17, 15) is 0 Å². The van der Waals surface area contributed by atoms with Gasteiger partial charge in [0.1, 0.15) is 5.69 Å². The molecule has 0 atom stereocenters. The molecule has 0 unspecified atom stereocenters. The molecular weight excluding hydrogens is 368 g/mol. The Labute approximate surface area is 137 Å². The maximum absolute atomic E-state index is 5.37. The van der Waals surface area contributed by atoms with Crippen LogP contribution in [0.15, 0.2) is 27.3 Å². The fourth-order valence-electron chi connectivity index (χ4n) is 2.14. The topological polar surface area (TPSA) is 84.9 Å². The van der Waals surface area contributed by atoms with E-state index in [-0.39, 0.29) is 0 Å². The van der Waals surface area contributed by atoms with Gasteiger partial charge in [0.25, 0.3) is 0 Å². The normalized spacial score (nSPS) is 11.8. The minimum absolute atomic E-state index is 0.347. The first-order valence-corrected chi connectivity index (χ1v) is 8.26. The van der Waals surface area contributed by atoms with Gasteiger partial charge in [-0.15, -0.1) is 10.2 Å². The molecule has 4 aromatic rings. The van der Waals surface area contributed by atoms with Gasteiger partial charge in [-0.3, -0.25) is 5.10 Å². The van der Waals surface area contributed by atoms with Crippen molar-refractivity contribution in [2.24, 2.45) is 0 Å². The Balaban J connectivity index is 1.84. The van der Waals surface area contributed by atoms with Gasteiger partial charge in [0.2, 0.25) is 10.8 Å². The minimum atomic E-state index is 0.347. The van der Waals surface area contributed by atoms with Crippen molar-refractivity contribution in [3.63, 3.8) is 0 Å². The quantitative estimate of drug-likeness (QED) is 0.586. The van der Waals surface area contributed by atoms with E-state index in [4.69, 9.17) is 4.42 Å². The average Bonchev–Trinajstić information content (AvgIpc) is 3.20. The van der Waals surface area contributed by atoms with Crippen LogP contribution in [0.4, 0.5) is 0 Å². The molecule has 4 rings (SSSR count). The highest BCUT2D eigenvalue weighted by atomic mass is 79.9. The Hall–Kier alpha value is -2.00. The lowest BCUT2D eigenvalue weighted by atomic mass is 10.1. The van der Waals surface area contributed by atoms with Crippen molar-refractivity contribution in [1.82, 2.24) is 30.0 Å². The molecule has 0 fully saturated rings. The molecule has 0 aliphatic heterocycles. The number of aromatic amines is 1. The summed E-state index contributed by atoms with van der Waals surface area (Å²) in [4.78, 5) is 0.697. The molecule has 0 spiro atoms. The average molecular weight is 379 g/mol. The summed E-state index contributed by atoms with van der Waals surface area (Å²) in [7, 11) is 0. The summed E-state index contributed by atoms with van der Waals surface area (Å²) in [5.41, 5.74) is 1.83. The van der Waals surface area contributed by atoms with Crippen LogP contribution in [-0.2, 0) is 0 Å². The summed E-state index contributed by atoms with van der Waals surface area (Å²) in [5.74, 6) is 1.56. The predicted octanol–water partition coefficient (Wildman–Crippen LogP) is 3.72. The molecule has 9 heteroatoms. The predicted molar refractivity (Wildman–Crippen MR) is 85.7 cm³/mol. The molecule has 0 aromatic carbocycles. The number of fused-ring (bicyclic) bond motifs is 1. The lowest BCUT2D eigenvalue weighted by molar-refractivity contribution is 0.575. The highest BCUT2D eigenvalue weighted by Gasteiger charge is 2.21. The molecule has 4 aromatic heterocycles. The highest BCUT2D eigenvalue weighted by Crippen LogP contribution is 2.35. The molecular formula is C13H11BrN6OS. The van der Waals surface area contributed by atoms with Gasteiger partial charge in [-0.1, -0.05) is 25.2 Å². The summed E-state index contributed by atoms with van der Waals surface area (Å²) >= 11 is 5.03. The van der Waals surface area contributed by atoms with Crippen LogP contribution in [0.3, 0.4) is 0 Å². The number of H-pyrrole nitrogens is 1. The van der Waals surface area contributed by atoms with Crippen molar-refractivity contribution in [2.45, 2.75) is 19.8 Å². The summed E-state index contributed by atoms with van der Waals surface area (Å²) in [5, 5.41) is 21.0. The first-order chi connectivity index (χ1) is 10.6. The fourth-order valence-corrected chi connectivity index (χ4v) is 3.93. The van der Waals surface area contributed by atoms with Crippen molar-refractivity contribution in [1.29, 1.82) is 0 Å². The Morgan fingerprint density at radius 1 is 1.36 bits per heavy atom. The van der Waals surface area contributed by atoms with Crippen molar-refractivity contribution < 1.29 is 4.42 Å². The summed E-state index contributed by atoms with van der Waals surface area (Å²) < 4.78 is 7.98. The van der Waals surface area contributed by atoms with Crippen LogP contribution in [0.2, 0.25) is 0 Å². The molecule has 1 N–H and O–H groups in total. The van der Waals surface area contributed by atoms with Crippen molar-refractivity contribution >= 4 is 32.2 Å². The SMILES string of the molecule is CC(C)c1[nH]nc(-c2nn3c(-c4ccco4)nnc3s2)c1Br. The van der Waals surface area contributed by atoms with Crippen LogP contribution in [0.1, 0.15) is 25.5 Å². The van der Waals surface area contributed by atoms with Crippen LogP contribution in [0, 0.1) is 0 Å². The Morgan fingerprint density at radius 3 is 2.91 bits per heavy atom.